The van der Waals surface area contributed by atoms with Gasteiger partial charge in [0.2, 0.25) is 0 Å². The molecule has 2 fully saturated rings. The number of benzene rings is 1. The molecule has 3 nitrogen and oxygen atoms in total. The molecule has 1 saturated heterocycles. The molecule has 116 valence electrons. The van der Waals surface area contributed by atoms with E-state index >= 15 is 0 Å². The first-order valence-electron chi connectivity index (χ1n) is 8.25. The van der Waals surface area contributed by atoms with Crippen molar-refractivity contribution >= 4 is 0 Å². The fraction of sp³-hybridized carbons (Fsp3) is 0.667. The van der Waals surface area contributed by atoms with Gasteiger partial charge < -0.3 is 15.2 Å². The minimum absolute atomic E-state index is 0.0718. The number of rotatable bonds is 3. The van der Waals surface area contributed by atoms with Gasteiger partial charge in [-0.2, -0.15) is 0 Å². The average molecular weight is 289 g/mol. The zero-order valence-electron chi connectivity index (χ0n) is 13.2. The molecule has 3 heteroatoms. The molecule has 21 heavy (non-hydrogen) atoms. The van der Waals surface area contributed by atoms with Crippen molar-refractivity contribution < 1.29 is 9.47 Å². The summed E-state index contributed by atoms with van der Waals surface area (Å²) in [6.07, 6.45) is 7.34. The smallest absolute Gasteiger partial charge is 0.122 e. The normalized spacial score (nSPS) is 26.0. The molecule has 2 atom stereocenters. The van der Waals surface area contributed by atoms with Gasteiger partial charge in [-0.15, -0.1) is 0 Å². The van der Waals surface area contributed by atoms with Crippen LogP contribution in [0.25, 0.3) is 0 Å². The van der Waals surface area contributed by atoms with Gasteiger partial charge in [0.1, 0.15) is 11.9 Å². The lowest BCUT2D eigenvalue weighted by molar-refractivity contribution is -0.108. The van der Waals surface area contributed by atoms with E-state index in [0.29, 0.717) is 0 Å². The zero-order valence-corrected chi connectivity index (χ0v) is 13.2. The maximum atomic E-state index is 6.29. The Kier molecular flexibility index (Phi) is 4.23. The second-order valence-corrected chi connectivity index (χ2v) is 6.78. The standard InChI is InChI=1S/C18H27NO2/c1-13-11-15(14(2)19)5-6-17(13)21-16-7-10-20-18(12-16)8-3-4-9-18/h5-6,11,14,16H,3-4,7-10,12,19H2,1-2H3/t14-,16?/m0/s1. The van der Waals surface area contributed by atoms with Gasteiger partial charge in [-0.1, -0.05) is 25.0 Å². The van der Waals surface area contributed by atoms with E-state index in [4.69, 9.17) is 15.2 Å². The highest BCUT2D eigenvalue weighted by atomic mass is 16.5. The van der Waals surface area contributed by atoms with Crippen LogP contribution in [0.2, 0.25) is 0 Å². The molecule has 1 saturated carbocycles. The quantitative estimate of drug-likeness (QED) is 0.918. The van der Waals surface area contributed by atoms with Crippen LogP contribution in [0, 0.1) is 6.92 Å². The SMILES string of the molecule is Cc1cc([C@H](C)N)ccc1OC1CCOC2(CCCC2)C1. The van der Waals surface area contributed by atoms with Gasteiger partial charge in [0, 0.05) is 18.9 Å². The lowest BCUT2D eigenvalue weighted by Gasteiger charge is -2.38. The third-order valence-corrected chi connectivity index (χ3v) is 4.98. The molecule has 0 amide bonds. The first kappa shape index (κ1) is 14.9. The van der Waals surface area contributed by atoms with Crippen LogP contribution < -0.4 is 10.5 Å². The van der Waals surface area contributed by atoms with Crippen LogP contribution in [0.3, 0.4) is 0 Å². The van der Waals surface area contributed by atoms with Gasteiger partial charge in [0.25, 0.3) is 0 Å². The van der Waals surface area contributed by atoms with Gasteiger partial charge in [-0.05, 0) is 43.9 Å². The molecule has 0 aromatic heterocycles. The highest BCUT2D eigenvalue weighted by Crippen LogP contribution is 2.41. The Morgan fingerprint density at radius 3 is 2.76 bits per heavy atom. The van der Waals surface area contributed by atoms with Crippen molar-refractivity contribution in [1.82, 2.24) is 0 Å². The lowest BCUT2D eigenvalue weighted by Crippen LogP contribution is -2.41. The minimum Gasteiger partial charge on any atom is -0.490 e. The summed E-state index contributed by atoms with van der Waals surface area (Å²) < 4.78 is 12.4. The number of ether oxygens (including phenoxy) is 2. The highest BCUT2D eigenvalue weighted by molar-refractivity contribution is 5.37. The summed E-state index contributed by atoms with van der Waals surface area (Å²) in [4.78, 5) is 0. The molecule has 1 unspecified atom stereocenters. The van der Waals surface area contributed by atoms with E-state index in [-0.39, 0.29) is 17.7 Å². The Labute approximate surface area is 127 Å². The molecular weight excluding hydrogens is 262 g/mol. The van der Waals surface area contributed by atoms with Crippen LogP contribution in [-0.4, -0.2) is 18.3 Å². The van der Waals surface area contributed by atoms with E-state index in [1.165, 1.54) is 36.8 Å². The van der Waals surface area contributed by atoms with E-state index < -0.39 is 0 Å². The van der Waals surface area contributed by atoms with Crippen molar-refractivity contribution in [2.75, 3.05) is 6.61 Å². The largest absolute Gasteiger partial charge is 0.490 e. The van der Waals surface area contributed by atoms with Gasteiger partial charge in [-0.25, -0.2) is 0 Å². The maximum absolute atomic E-state index is 6.29. The molecule has 2 aliphatic rings. The average Bonchev–Trinajstić information content (AvgIpc) is 2.89. The zero-order chi connectivity index (χ0) is 14.9. The van der Waals surface area contributed by atoms with Gasteiger partial charge in [-0.3, -0.25) is 0 Å². The molecule has 1 aromatic rings. The summed E-state index contributed by atoms with van der Waals surface area (Å²) >= 11 is 0. The van der Waals surface area contributed by atoms with E-state index in [2.05, 4.69) is 25.1 Å². The summed E-state index contributed by atoms with van der Waals surface area (Å²) in [6.45, 7) is 4.95. The summed E-state index contributed by atoms with van der Waals surface area (Å²) in [6, 6.07) is 6.37. The molecule has 1 heterocycles. The van der Waals surface area contributed by atoms with Crippen molar-refractivity contribution in [3.05, 3.63) is 29.3 Å². The molecule has 3 rings (SSSR count). The monoisotopic (exact) mass is 289 g/mol. The summed E-state index contributed by atoms with van der Waals surface area (Å²) in [7, 11) is 0. The van der Waals surface area contributed by atoms with Crippen molar-refractivity contribution in [2.45, 2.75) is 70.1 Å². The molecule has 1 aromatic carbocycles. The molecule has 2 N–H and O–H groups in total. The molecule has 1 aliphatic carbocycles. The Bertz CT molecular complexity index is 492. The summed E-state index contributed by atoms with van der Waals surface area (Å²) in [5.41, 5.74) is 8.40. The first-order chi connectivity index (χ1) is 10.1. The fourth-order valence-corrected chi connectivity index (χ4v) is 3.72. The number of hydrogen-bond donors (Lipinski definition) is 1. The van der Waals surface area contributed by atoms with E-state index in [0.717, 1.165) is 25.2 Å². The summed E-state index contributed by atoms with van der Waals surface area (Å²) in [5.74, 6) is 0.999. The van der Waals surface area contributed by atoms with Crippen molar-refractivity contribution in [1.29, 1.82) is 0 Å². The maximum Gasteiger partial charge on any atom is 0.122 e. The predicted octanol–water partition coefficient (Wildman–Crippen LogP) is 3.89. The Balaban J connectivity index is 1.68. The van der Waals surface area contributed by atoms with Crippen LogP contribution in [0.4, 0.5) is 0 Å². The minimum atomic E-state index is 0.0718. The molecular formula is C18H27NO2. The van der Waals surface area contributed by atoms with E-state index in [9.17, 15) is 0 Å². The van der Waals surface area contributed by atoms with Gasteiger partial charge in [0.15, 0.2) is 0 Å². The van der Waals surface area contributed by atoms with E-state index in [1.807, 2.05) is 6.92 Å². The van der Waals surface area contributed by atoms with Crippen molar-refractivity contribution in [2.24, 2.45) is 5.73 Å². The van der Waals surface area contributed by atoms with Crippen LogP contribution in [0.5, 0.6) is 5.75 Å². The number of aryl methyl sites for hydroxylation is 1. The van der Waals surface area contributed by atoms with Crippen molar-refractivity contribution in [3.8, 4) is 5.75 Å². The Hall–Kier alpha value is -1.06. The Morgan fingerprint density at radius 2 is 2.10 bits per heavy atom. The number of nitrogens with two attached hydrogens (primary N) is 1. The highest BCUT2D eigenvalue weighted by Gasteiger charge is 2.40. The van der Waals surface area contributed by atoms with Gasteiger partial charge >= 0.3 is 0 Å². The second kappa shape index (κ2) is 5.98. The predicted molar refractivity (Wildman–Crippen MR) is 84.6 cm³/mol. The molecule has 1 spiro atoms. The second-order valence-electron chi connectivity index (χ2n) is 6.78. The van der Waals surface area contributed by atoms with Crippen LogP contribution >= 0.6 is 0 Å². The van der Waals surface area contributed by atoms with E-state index in [1.54, 1.807) is 0 Å². The third-order valence-electron chi connectivity index (χ3n) is 4.98. The third kappa shape index (κ3) is 3.24. The van der Waals surface area contributed by atoms with Crippen LogP contribution in [-0.2, 0) is 4.74 Å². The molecule has 0 bridgehead atoms. The van der Waals surface area contributed by atoms with Gasteiger partial charge in [0.05, 0.1) is 12.2 Å². The fourth-order valence-electron chi connectivity index (χ4n) is 3.72. The molecule has 0 radical (unpaired) electrons. The van der Waals surface area contributed by atoms with Crippen LogP contribution in [0.1, 0.15) is 62.6 Å². The summed E-state index contributed by atoms with van der Waals surface area (Å²) in [5, 5.41) is 0. The molecule has 1 aliphatic heterocycles. The lowest BCUT2D eigenvalue weighted by atomic mass is 9.90. The topological polar surface area (TPSA) is 44.5 Å². The van der Waals surface area contributed by atoms with Crippen LogP contribution in [0.15, 0.2) is 18.2 Å². The first-order valence-corrected chi connectivity index (χ1v) is 8.25. The van der Waals surface area contributed by atoms with Crippen molar-refractivity contribution in [3.63, 3.8) is 0 Å². The Morgan fingerprint density at radius 1 is 1.33 bits per heavy atom. The number of hydrogen-bond acceptors (Lipinski definition) is 3.